The highest BCUT2D eigenvalue weighted by Gasteiger charge is 2.56. The molecule has 1 atom stereocenters. The number of rotatable bonds is 1. The summed E-state index contributed by atoms with van der Waals surface area (Å²) in [6, 6.07) is 5.50. The van der Waals surface area contributed by atoms with Crippen molar-refractivity contribution in [2.24, 2.45) is 0 Å². The van der Waals surface area contributed by atoms with E-state index in [0.717, 1.165) is 12.1 Å². The molecule has 4 rings (SSSR count). The van der Waals surface area contributed by atoms with Gasteiger partial charge >= 0.3 is 6.03 Å². The molecule has 1 spiro atoms. The van der Waals surface area contributed by atoms with E-state index in [1.807, 2.05) is 0 Å². The Hall–Kier alpha value is -2.96. The highest BCUT2D eigenvalue weighted by Crippen LogP contribution is 2.52. The Morgan fingerprint density at radius 3 is 2.43 bits per heavy atom. The molecule has 116 valence electrons. The van der Waals surface area contributed by atoms with E-state index in [1.165, 1.54) is 25.3 Å². The molecule has 1 aliphatic carbocycles. The number of carbonyl (C=O) groups excluding carboxylic acids is 2. The van der Waals surface area contributed by atoms with Gasteiger partial charge in [-0.1, -0.05) is 6.07 Å². The minimum atomic E-state index is -1.65. The Labute approximate surface area is 129 Å². The van der Waals surface area contributed by atoms with Crippen LogP contribution in [0.5, 0.6) is 5.75 Å². The number of methoxy groups -OCH3 is 1. The standard InChI is InChI=1S/C16H10F2N2O3/c1-23-12-6-8(18)5-11-13(12)9-3-2-7(17)4-10(9)16(11)14(21)19-15(22)20-16/h2-6H,1H3,(H2,19,20,21,22)/t16-/m0/s1. The lowest BCUT2D eigenvalue weighted by atomic mass is 9.87. The Morgan fingerprint density at radius 1 is 1.04 bits per heavy atom. The second-order valence-electron chi connectivity index (χ2n) is 5.38. The van der Waals surface area contributed by atoms with Gasteiger partial charge in [0, 0.05) is 22.8 Å². The largest absolute Gasteiger partial charge is 0.496 e. The van der Waals surface area contributed by atoms with E-state index in [0.29, 0.717) is 11.1 Å². The average molecular weight is 316 g/mol. The van der Waals surface area contributed by atoms with E-state index in [9.17, 15) is 18.4 Å². The number of nitrogens with one attached hydrogen (secondary N) is 2. The van der Waals surface area contributed by atoms with Gasteiger partial charge in [-0.2, -0.15) is 0 Å². The Balaban J connectivity index is 2.15. The van der Waals surface area contributed by atoms with Crippen molar-refractivity contribution in [2.75, 3.05) is 7.11 Å². The highest BCUT2D eigenvalue weighted by molar-refractivity contribution is 6.13. The Bertz CT molecular complexity index is 897. The van der Waals surface area contributed by atoms with E-state index < -0.39 is 29.1 Å². The van der Waals surface area contributed by atoms with Crippen molar-refractivity contribution >= 4 is 11.9 Å². The molecule has 0 saturated carbocycles. The van der Waals surface area contributed by atoms with Crippen LogP contribution in [0.4, 0.5) is 13.6 Å². The first-order valence-corrected chi connectivity index (χ1v) is 6.79. The summed E-state index contributed by atoms with van der Waals surface area (Å²) in [5, 5.41) is 4.64. The van der Waals surface area contributed by atoms with Gasteiger partial charge in [0.15, 0.2) is 5.54 Å². The number of ether oxygens (including phenoxy) is 1. The number of carbonyl (C=O) groups is 2. The molecule has 23 heavy (non-hydrogen) atoms. The summed E-state index contributed by atoms with van der Waals surface area (Å²) in [6.07, 6.45) is 0. The molecule has 0 unspecified atom stereocenters. The summed E-state index contributed by atoms with van der Waals surface area (Å²) in [5.41, 5.74) is -0.214. The zero-order valence-electron chi connectivity index (χ0n) is 11.9. The maximum atomic E-state index is 14.0. The normalized spacial score (nSPS) is 21.0. The third kappa shape index (κ3) is 1.59. The van der Waals surface area contributed by atoms with Crippen molar-refractivity contribution < 1.29 is 23.1 Å². The van der Waals surface area contributed by atoms with Gasteiger partial charge in [-0.25, -0.2) is 13.6 Å². The quantitative estimate of drug-likeness (QED) is 0.791. The fraction of sp³-hybridized carbons (Fsp3) is 0.125. The van der Waals surface area contributed by atoms with E-state index in [1.54, 1.807) is 0 Å². The van der Waals surface area contributed by atoms with Crippen LogP contribution >= 0.6 is 0 Å². The van der Waals surface area contributed by atoms with Gasteiger partial charge in [-0.3, -0.25) is 10.1 Å². The smallest absolute Gasteiger partial charge is 0.322 e. The van der Waals surface area contributed by atoms with E-state index >= 15 is 0 Å². The van der Waals surface area contributed by atoms with Gasteiger partial charge in [-0.05, 0) is 23.8 Å². The van der Waals surface area contributed by atoms with E-state index in [2.05, 4.69) is 10.6 Å². The molecule has 1 saturated heterocycles. The summed E-state index contributed by atoms with van der Waals surface area (Å²) in [7, 11) is 1.37. The first-order valence-electron chi connectivity index (χ1n) is 6.79. The van der Waals surface area contributed by atoms with Crippen LogP contribution < -0.4 is 15.4 Å². The molecule has 7 heteroatoms. The summed E-state index contributed by atoms with van der Waals surface area (Å²) in [5.74, 6) is -1.66. The minimum Gasteiger partial charge on any atom is -0.496 e. The SMILES string of the molecule is COc1cc(F)cc2c1-c1ccc(F)cc1[C@]21NC(=O)NC1=O. The van der Waals surface area contributed by atoms with Crippen LogP contribution in [-0.4, -0.2) is 19.0 Å². The van der Waals surface area contributed by atoms with Crippen molar-refractivity contribution in [3.05, 3.63) is 53.1 Å². The third-order valence-corrected chi connectivity index (χ3v) is 4.21. The second kappa shape index (κ2) is 4.28. The average Bonchev–Trinajstić information content (AvgIpc) is 2.95. The zero-order chi connectivity index (χ0) is 16.4. The topological polar surface area (TPSA) is 67.4 Å². The lowest BCUT2D eigenvalue weighted by Gasteiger charge is -2.23. The molecule has 1 aliphatic heterocycles. The molecule has 2 aliphatic rings. The Morgan fingerprint density at radius 2 is 1.78 bits per heavy atom. The van der Waals surface area contributed by atoms with Crippen LogP contribution in [0.1, 0.15) is 11.1 Å². The number of hydrogen-bond acceptors (Lipinski definition) is 3. The van der Waals surface area contributed by atoms with Gasteiger partial charge < -0.3 is 10.1 Å². The lowest BCUT2D eigenvalue weighted by Crippen LogP contribution is -2.43. The van der Waals surface area contributed by atoms with Crippen LogP contribution in [0.2, 0.25) is 0 Å². The number of hydrogen-bond donors (Lipinski definition) is 2. The number of amides is 3. The van der Waals surface area contributed by atoms with E-state index in [-0.39, 0.29) is 16.9 Å². The van der Waals surface area contributed by atoms with Crippen molar-refractivity contribution in [1.82, 2.24) is 10.6 Å². The third-order valence-electron chi connectivity index (χ3n) is 4.21. The summed E-state index contributed by atoms with van der Waals surface area (Å²) < 4.78 is 32.9. The van der Waals surface area contributed by atoms with Crippen LogP contribution in [-0.2, 0) is 10.3 Å². The fourth-order valence-corrected chi connectivity index (χ4v) is 3.34. The van der Waals surface area contributed by atoms with Crippen molar-refractivity contribution in [3.63, 3.8) is 0 Å². The predicted molar refractivity (Wildman–Crippen MR) is 75.8 cm³/mol. The molecule has 3 amide bonds. The molecule has 1 heterocycles. The van der Waals surface area contributed by atoms with E-state index in [4.69, 9.17) is 4.74 Å². The maximum absolute atomic E-state index is 14.0. The molecular formula is C16H10F2N2O3. The first kappa shape index (κ1) is 13.7. The van der Waals surface area contributed by atoms with Gasteiger partial charge in [0.05, 0.1) is 7.11 Å². The van der Waals surface area contributed by atoms with Gasteiger partial charge in [0.1, 0.15) is 17.4 Å². The second-order valence-corrected chi connectivity index (χ2v) is 5.38. The molecule has 2 aromatic rings. The molecule has 5 nitrogen and oxygen atoms in total. The number of benzene rings is 2. The summed E-state index contributed by atoms with van der Waals surface area (Å²) >= 11 is 0. The van der Waals surface area contributed by atoms with Crippen molar-refractivity contribution in [1.29, 1.82) is 0 Å². The summed E-state index contributed by atoms with van der Waals surface area (Å²) in [6.45, 7) is 0. The van der Waals surface area contributed by atoms with Crippen LogP contribution in [0.3, 0.4) is 0 Å². The van der Waals surface area contributed by atoms with Gasteiger partial charge in [-0.15, -0.1) is 0 Å². The zero-order valence-corrected chi connectivity index (χ0v) is 11.9. The molecular weight excluding hydrogens is 306 g/mol. The van der Waals surface area contributed by atoms with Crippen LogP contribution in [0, 0.1) is 11.6 Å². The molecule has 2 N–H and O–H groups in total. The molecule has 0 radical (unpaired) electrons. The first-order chi connectivity index (χ1) is 11.0. The minimum absolute atomic E-state index is 0.207. The monoisotopic (exact) mass is 316 g/mol. The number of urea groups is 1. The highest BCUT2D eigenvalue weighted by atomic mass is 19.1. The molecule has 2 aromatic carbocycles. The number of halogens is 2. The molecule has 0 aromatic heterocycles. The van der Waals surface area contributed by atoms with Crippen molar-refractivity contribution in [3.8, 4) is 16.9 Å². The summed E-state index contributed by atoms with van der Waals surface area (Å²) in [4.78, 5) is 24.2. The lowest BCUT2D eigenvalue weighted by molar-refractivity contribution is -0.122. The molecule has 0 bridgehead atoms. The maximum Gasteiger partial charge on any atom is 0.322 e. The van der Waals surface area contributed by atoms with Crippen LogP contribution in [0.25, 0.3) is 11.1 Å². The predicted octanol–water partition coefficient (Wildman–Crippen LogP) is 2.04. The van der Waals surface area contributed by atoms with Crippen LogP contribution in [0.15, 0.2) is 30.3 Å². The van der Waals surface area contributed by atoms with Crippen molar-refractivity contribution in [2.45, 2.75) is 5.54 Å². The molecule has 1 fully saturated rings. The van der Waals surface area contributed by atoms with Gasteiger partial charge in [0.2, 0.25) is 0 Å². The fourth-order valence-electron chi connectivity index (χ4n) is 3.34. The number of fused-ring (bicyclic) bond motifs is 5. The Kier molecular flexibility index (Phi) is 2.55. The van der Waals surface area contributed by atoms with Gasteiger partial charge in [0.25, 0.3) is 5.91 Å². The number of imide groups is 1.